The lowest BCUT2D eigenvalue weighted by Crippen LogP contribution is -2.32. The second kappa shape index (κ2) is 7.15. The van der Waals surface area contributed by atoms with E-state index in [1.165, 1.54) is 28.6 Å². The van der Waals surface area contributed by atoms with Crippen LogP contribution in [0.3, 0.4) is 0 Å². The predicted molar refractivity (Wildman–Crippen MR) is 84.0 cm³/mol. The first kappa shape index (κ1) is 16.1. The van der Waals surface area contributed by atoms with Gasteiger partial charge in [-0.15, -0.1) is 0 Å². The second-order valence-electron chi connectivity index (χ2n) is 4.85. The number of halogens is 1. The van der Waals surface area contributed by atoms with Crippen molar-refractivity contribution < 1.29 is 12.8 Å². The maximum atomic E-state index is 12.9. The molecule has 21 heavy (non-hydrogen) atoms. The number of hydrogen-bond acceptors (Lipinski definition) is 3. The van der Waals surface area contributed by atoms with Gasteiger partial charge in [0, 0.05) is 13.1 Å². The smallest absolute Gasteiger partial charge is 0.212 e. The maximum Gasteiger partial charge on any atom is 0.218 e. The summed E-state index contributed by atoms with van der Waals surface area (Å²) in [6, 6.07) is 7.53. The number of hydrogen-bond donors (Lipinski definition) is 0. The van der Waals surface area contributed by atoms with Gasteiger partial charge >= 0.3 is 0 Å². The molecule has 0 unspecified atom stereocenters. The highest BCUT2D eigenvalue weighted by atomic mass is 32.2. The lowest BCUT2D eigenvalue weighted by Gasteiger charge is -2.21. The van der Waals surface area contributed by atoms with E-state index >= 15 is 0 Å². The average molecular weight is 327 g/mol. The highest BCUT2D eigenvalue weighted by Crippen LogP contribution is 2.17. The molecule has 0 aliphatic heterocycles. The van der Waals surface area contributed by atoms with Crippen molar-refractivity contribution in [1.82, 2.24) is 4.31 Å². The summed E-state index contributed by atoms with van der Waals surface area (Å²) in [5.41, 5.74) is 1.60. The van der Waals surface area contributed by atoms with Gasteiger partial charge in [0.2, 0.25) is 10.0 Å². The first-order valence-corrected chi connectivity index (χ1v) is 9.30. The predicted octanol–water partition coefficient (Wildman–Crippen LogP) is 3.63. The third-order valence-electron chi connectivity index (χ3n) is 3.07. The van der Waals surface area contributed by atoms with Crippen molar-refractivity contribution in [1.29, 1.82) is 0 Å². The van der Waals surface area contributed by atoms with E-state index in [0.717, 1.165) is 12.0 Å². The van der Waals surface area contributed by atoms with Crippen molar-refractivity contribution in [3.05, 3.63) is 58.0 Å². The molecule has 0 saturated heterocycles. The molecule has 0 fully saturated rings. The van der Waals surface area contributed by atoms with Gasteiger partial charge in [-0.05, 0) is 46.5 Å². The summed E-state index contributed by atoms with van der Waals surface area (Å²) in [5, 5.41) is 3.89. The van der Waals surface area contributed by atoms with E-state index < -0.39 is 10.0 Å². The Hall–Kier alpha value is -1.24. The topological polar surface area (TPSA) is 37.4 Å². The van der Waals surface area contributed by atoms with Crippen LogP contribution in [0.15, 0.2) is 41.1 Å². The highest BCUT2D eigenvalue weighted by Gasteiger charge is 2.22. The Morgan fingerprint density at radius 3 is 2.43 bits per heavy atom. The van der Waals surface area contributed by atoms with E-state index in [1.54, 1.807) is 11.3 Å². The quantitative estimate of drug-likeness (QED) is 0.779. The molecule has 3 nitrogen and oxygen atoms in total. The molecule has 1 aromatic heterocycles. The molecule has 1 heterocycles. The Morgan fingerprint density at radius 2 is 1.86 bits per heavy atom. The van der Waals surface area contributed by atoms with E-state index in [1.807, 2.05) is 23.8 Å². The summed E-state index contributed by atoms with van der Waals surface area (Å²) < 4.78 is 39.5. The first-order chi connectivity index (χ1) is 10.0. The van der Waals surface area contributed by atoms with Crippen molar-refractivity contribution >= 4 is 21.4 Å². The summed E-state index contributed by atoms with van der Waals surface area (Å²) >= 11 is 1.55. The van der Waals surface area contributed by atoms with Crippen LogP contribution in [0.5, 0.6) is 0 Å². The highest BCUT2D eigenvalue weighted by molar-refractivity contribution is 7.88. The van der Waals surface area contributed by atoms with Crippen molar-refractivity contribution in [3.63, 3.8) is 0 Å². The minimum absolute atomic E-state index is 0.0998. The average Bonchev–Trinajstić information content (AvgIpc) is 2.94. The van der Waals surface area contributed by atoms with Gasteiger partial charge in [-0.2, -0.15) is 15.6 Å². The molecule has 0 N–H and O–H groups in total. The molecule has 0 aliphatic carbocycles. The molecule has 0 spiro atoms. The molecule has 0 atom stereocenters. The zero-order valence-electron chi connectivity index (χ0n) is 11.8. The summed E-state index contributed by atoms with van der Waals surface area (Å²) in [5.74, 6) is -0.461. The van der Waals surface area contributed by atoms with E-state index in [9.17, 15) is 12.8 Å². The van der Waals surface area contributed by atoms with Crippen LogP contribution >= 0.6 is 11.3 Å². The van der Waals surface area contributed by atoms with Crippen molar-refractivity contribution in [3.8, 4) is 0 Å². The fraction of sp³-hybridized carbons (Fsp3) is 0.333. The minimum Gasteiger partial charge on any atom is -0.212 e. The van der Waals surface area contributed by atoms with Crippen molar-refractivity contribution in [2.75, 3.05) is 6.54 Å². The molecule has 6 heteroatoms. The van der Waals surface area contributed by atoms with Crippen LogP contribution in [0, 0.1) is 5.82 Å². The Balaban J connectivity index is 2.15. The largest absolute Gasteiger partial charge is 0.218 e. The van der Waals surface area contributed by atoms with Gasteiger partial charge in [-0.25, -0.2) is 12.8 Å². The zero-order chi connectivity index (χ0) is 15.3. The first-order valence-electron chi connectivity index (χ1n) is 6.74. The number of nitrogens with zero attached hydrogens (tertiary/aromatic N) is 1. The van der Waals surface area contributed by atoms with Crippen LogP contribution in [0.2, 0.25) is 0 Å². The molecule has 2 aromatic rings. The third kappa shape index (κ3) is 4.62. The molecule has 114 valence electrons. The van der Waals surface area contributed by atoms with Crippen LogP contribution in [0.4, 0.5) is 4.39 Å². The normalized spacial score (nSPS) is 12.0. The standard InChI is InChI=1S/C15H18FNO2S2/c1-2-8-17(10-14-7-9-20-11-14)21(18,19)12-13-3-5-15(16)6-4-13/h3-7,9,11H,2,8,10,12H2,1H3. The Bertz CT molecular complexity index is 651. The number of benzene rings is 1. The molecule has 0 amide bonds. The maximum absolute atomic E-state index is 12.9. The fourth-order valence-corrected chi connectivity index (χ4v) is 4.30. The third-order valence-corrected chi connectivity index (χ3v) is 5.60. The fourth-order valence-electron chi connectivity index (χ4n) is 2.03. The number of thiophene rings is 1. The molecule has 0 bridgehead atoms. The molecule has 0 aliphatic rings. The molecule has 2 rings (SSSR count). The molecular weight excluding hydrogens is 309 g/mol. The second-order valence-corrected chi connectivity index (χ2v) is 7.60. The van der Waals surface area contributed by atoms with Crippen LogP contribution in [-0.2, 0) is 22.3 Å². The summed E-state index contributed by atoms with van der Waals surface area (Å²) in [6.45, 7) is 2.83. The molecule has 0 radical (unpaired) electrons. The Labute approximate surface area is 129 Å². The van der Waals surface area contributed by atoms with Gasteiger partial charge < -0.3 is 0 Å². The minimum atomic E-state index is -3.41. The molecule has 0 saturated carbocycles. The summed E-state index contributed by atoms with van der Waals surface area (Å²) in [4.78, 5) is 0. The summed E-state index contributed by atoms with van der Waals surface area (Å²) in [6.07, 6.45) is 0.757. The molecule has 1 aromatic carbocycles. The van der Waals surface area contributed by atoms with Crippen LogP contribution in [0.1, 0.15) is 24.5 Å². The number of rotatable bonds is 7. The lowest BCUT2D eigenvalue weighted by molar-refractivity contribution is 0.405. The van der Waals surface area contributed by atoms with Crippen LogP contribution in [-0.4, -0.2) is 19.3 Å². The SMILES string of the molecule is CCCN(Cc1ccsc1)S(=O)(=O)Cc1ccc(F)cc1. The number of sulfonamides is 1. The lowest BCUT2D eigenvalue weighted by atomic mass is 10.2. The van der Waals surface area contributed by atoms with E-state index in [-0.39, 0.29) is 11.6 Å². The van der Waals surface area contributed by atoms with E-state index in [0.29, 0.717) is 18.7 Å². The Morgan fingerprint density at radius 1 is 1.14 bits per heavy atom. The monoisotopic (exact) mass is 327 g/mol. The van der Waals surface area contributed by atoms with Gasteiger partial charge in [-0.1, -0.05) is 19.1 Å². The zero-order valence-corrected chi connectivity index (χ0v) is 13.5. The van der Waals surface area contributed by atoms with Gasteiger partial charge in [0.1, 0.15) is 5.82 Å². The van der Waals surface area contributed by atoms with Gasteiger partial charge in [0.25, 0.3) is 0 Å². The van der Waals surface area contributed by atoms with Gasteiger partial charge in [0.15, 0.2) is 0 Å². The molecular formula is C15H18FNO2S2. The van der Waals surface area contributed by atoms with E-state index in [4.69, 9.17) is 0 Å². The van der Waals surface area contributed by atoms with E-state index in [2.05, 4.69) is 0 Å². The van der Waals surface area contributed by atoms with Crippen molar-refractivity contribution in [2.45, 2.75) is 25.6 Å². The van der Waals surface area contributed by atoms with Crippen LogP contribution < -0.4 is 0 Å². The Kier molecular flexibility index (Phi) is 5.50. The van der Waals surface area contributed by atoms with Crippen molar-refractivity contribution in [2.24, 2.45) is 0 Å². The summed E-state index contributed by atoms with van der Waals surface area (Å²) in [7, 11) is -3.41. The van der Waals surface area contributed by atoms with Gasteiger partial charge in [0.05, 0.1) is 5.75 Å². The van der Waals surface area contributed by atoms with Crippen LogP contribution in [0.25, 0.3) is 0 Å². The van der Waals surface area contributed by atoms with Gasteiger partial charge in [-0.3, -0.25) is 0 Å².